The lowest BCUT2D eigenvalue weighted by atomic mass is 10.1. The van der Waals surface area contributed by atoms with Crippen LogP contribution in [0, 0.1) is 6.92 Å². The molecule has 0 fully saturated rings. The molecule has 7 heteroatoms. The summed E-state index contributed by atoms with van der Waals surface area (Å²) in [6, 6.07) is 5.14. The number of benzene rings is 1. The molecule has 1 aromatic carbocycles. The van der Waals surface area contributed by atoms with E-state index in [1.807, 2.05) is 6.92 Å². The first-order valence-corrected chi connectivity index (χ1v) is 7.45. The molecule has 2 aromatic rings. The van der Waals surface area contributed by atoms with Gasteiger partial charge in [0.2, 0.25) is 0 Å². The summed E-state index contributed by atoms with van der Waals surface area (Å²) in [5.41, 5.74) is 1.42. The Hall–Kier alpha value is -1.92. The van der Waals surface area contributed by atoms with Gasteiger partial charge in [0.05, 0.1) is 5.01 Å². The summed E-state index contributed by atoms with van der Waals surface area (Å²) in [4.78, 5) is 26.7. The van der Waals surface area contributed by atoms with Crippen LogP contribution in [0.4, 0.5) is 0 Å². The minimum absolute atomic E-state index is 0.0343. The molecule has 110 valence electrons. The number of carboxylic acid groups (broad SMARTS) is 1. The Morgan fingerprint density at radius 3 is 2.86 bits per heavy atom. The summed E-state index contributed by atoms with van der Waals surface area (Å²) in [5.74, 6) is -1.25. The lowest BCUT2D eigenvalue weighted by molar-refractivity contribution is 0.0690. The van der Waals surface area contributed by atoms with E-state index in [1.54, 1.807) is 18.2 Å². The molecule has 0 bridgehead atoms. The molecule has 0 aliphatic carbocycles. The van der Waals surface area contributed by atoms with Crippen LogP contribution in [0.1, 0.15) is 31.4 Å². The van der Waals surface area contributed by atoms with Crippen molar-refractivity contribution in [3.05, 3.63) is 50.4 Å². The maximum absolute atomic E-state index is 12.0. The maximum Gasteiger partial charge on any atom is 0.355 e. The van der Waals surface area contributed by atoms with E-state index in [2.05, 4.69) is 10.3 Å². The fraction of sp³-hybridized carbons (Fsp3) is 0.214. The van der Waals surface area contributed by atoms with Crippen molar-refractivity contribution >= 4 is 34.8 Å². The molecule has 0 aliphatic rings. The molecular formula is C14H13ClN2O3S. The molecule has 21 heavy (non-hydrogen) atoms. The van der Waals surface area contributed by atoms with Crippen LogP contribution in [0.3, 0.4) is 0 Å². The van der Waals surface area contributed by atoms with Gasteiger partial charge in [-0.25, -0.2) is 9.78 Å². The Morgan fingerprint density at radius 1 is 1.43 bits per heavy atom. The van der Waals surface area contributed by atoms with Crippen molar-refractivity contribution < 1.29 is 14.7 Å². The van der Waals surface area contributed by atoms with Gasteiger partial charge in [-0.15, -0.1) is 11.3 Å². The van der Waals surface area contributed by atoms with Crippen LogP contribution in [0.2, 0.25) is 5.02 Å². The van der Waals surface area contributed by atoms with Gasteiger partial charge < -0.3 is 10.4 Å². The molecule has 1 amide bonds. The zero-order chi connectivity index (χ0) is 15.4. The first-order chi connectivity index (χ1) is 9.97. The van der Waals surface area contributed by atoms with Crippen molar-refractivity contribution in [3.63, 3.8) is 0 Å². The molecule has 1 aromatic heterocycles. The van der Waals surface area contributed by atoms with E-state index in [1.165, 1.54) is 16.7 Å². The number of aromatic nitrogens is 1. The molecule has 2 N–H and O–H groups in total. The van der Waals surface area contributed by atoms with E-state index >= 15 is 0 Å². The highest BCUT2D eigenvalue weighted by Crippen LogP contribution is 2.15. The van der Waals surface area contributed by atoms with Gasteiger partial charge in [-0.2, -0.15) is 0 Å². The first-order valence-electron chi connectivity index (χ1n) is 6.19. The molecular weight excluding hydrogens is 312 g/mol. The normalized spacial score (nSPS) is 10.4. The minimum Gasteiger partial charge on any atom is -0.476 e. The van der Waals surface area contributed by atoms with E-state index in [0.29, 0.717) is 28.6 Å². The zero-order valence-electron chi connectivity index (χ0n) is 11.2. The first kappa shape index (κ1) is 15.5. The van der Waals surface area contributed by atoms with Crippen molar-refractivity contribution in [2.24, 2.45) is 0 Å². The summed E-state index contributed by atoms with van der Waals surface area (Å²) in [5, 5.41) is 14.2. The van der Waals surface area contributed by atoms with Crippen LogP contribution < -0.4 is 5.32 Å². The molecule has 0 saturated carbocycles. The second kappa shape index (κ2) is 6.69. The van der Waals surface area contributed by atoms with Gasteiger partial charge in [0, 0.05) is 28.9 Å². The highest BCUT2D eigenvalue weighted by atomic mass is 35.5. The number of amides is 1. The average molecular weight is 325 g/mol. The smallest absolute Gasteiger partial charge is 0.355 e. The number of aryl methyl sites for hydroxylation is 1. The number of aromatic carboxylic acids is 1. The SMILES string of the molecule is Cc1ccc(Cl)cc1C(=O)NCCc1nc(C(=O)O)cs1. The van der Waals surface area contributed by atoms with Crippen LogP contribution in [-0.4, -0.2) is 28.5 Å². The second-order valence-corrected chi connectivity index (χ2v) is 5.78. The van der Waals surface area contributed by atoms with Gasteiger partial charge in [0.25, 0.3) is 5.91 Å². The number of hydrogen-bond acceptors (Lipinski definition) is 4. The number of carbonyl (C=O) groups is 2. The van der Waals surface area contributed by atoms with E-state index in [9.17, 15) is 9.59 Å². The molecule has 2 rings (SSSR count). The number of nitrogens with one attached hydrogen (secondary N) is 1. The van der Waals surface area contributed by atoms with Gasteiger partial charge in [-0.3, -0.25) is 4.79 Å². The van der Waals surface area contributed by atoms with Crippen LogP contribution in [0.25, 0.3) is 0 Å². The molecule has 0 radical (unpaired) electrons. The Labute approximate surface area is 130 Å². The molecule has 5 nitrogen and oxygen atoms in total. The van der Waals surface area contributed by atoms with Crippen molar-refractivity contribution in [2.75, 3.05) is 6.54 Å². The summed E-state index contributed by atoms with van der Waals surface area (Å²) < 4.78 is 0. The van der Waals surface area contributed by atoms with Crippen LogP contribution >= 0.6 is 22.9 Å². The Balaban J connectivity index is 1.92. The van der Waals surface area contributed by atoms with E-state index in [-0.39, 0.29) is 11.6 Å². The van der Waals surface area contributed by atoms with Crippen molar-refractivity contribution in [2.45, 2.75) is 13.3 Å². The van der Waals surface area contributed by atoms with Gasteiger partial charge in [-0.1, -0.05) is 17.7 Å². The maximum atomic E-state index is 12.0. The Kier molecular flexibility index (Phi) is 4.93. The highest BCUT2D eigenvalue weighted by molar-refractivity contribution is 7.09. The number of carbonyl (C=O) groups excluding carboxylic acids is 1. The van der Waals surface area contributed by atoms with E-state index in [4.69, 9.17) is 16.7 Å². The lowest BCUT2D eigenvalue weighted by Crippen LogP contribution is -2.26. The average Bonchev–Trinajstić information content (AvgIpc) is 2.90. The van der Waals surface area contributed by atoms with Gasteiger partial charge in [-0.05, 0) is 24.6 Å². The molecule has 0 spiro atoms. The molecule has 1 heterocycles. The van der Waals surface area contributed by atoms with Gasteiger partial charge in [0.1, 0.15) is 0 Å². The van der Waals surface area contributed by atoms with E-state index in [0.717, 1.165) is 5.56 Å². The number of carboxylic acids is 1. The summed E-state index contributed by atoms with van der Waals surface area (Å²) >= 11 is 7.15. The topological polar surface area (TPSA) is 79.3 Å². The molecule has 0 atom stereocenters. The molecule has 0 saturated heterocycles. The van der Waals surface area contributed by atoms with Crippen LogP contribution in [0.15, 0.2) is 23.6 Å². The number of halogens is 1. The van der Waals surface area contributed by atoms with Gasteiger partial charge >= 0.3 is 5.97 Å². The quantitative estimate of drug-likeness (QED) is 0.886. The second-order valence-electron chi connectivity index (χ2n) is 4.40. The summed E-state index contributed by atoms with van der Waals surface area (Å²) in [6.07, 6.45) is 0.489. The van der Waals surface area contributed by atoms with Gasteiger partial charge in [0.15, 0.2) is 5.69 Å². The summed E-state index contributed by atoms with van der Waals surface area (Å²) in [6.45, 7) is 2.22. The number of hydrogen-bond donors (Lipinski definition) is 2. The van der Waals surface area contributed by atoms with Crippen LogP contribution in [-0.2, 0) is 6.42 Å². The molecule has 0 aliphatic heterocycles. The standard InChI is InChI=1S/C14H13ClN2O3S/c1-8-2-3-9(15)6-10(8)13(18)16-5-4-12-17-11(7-21-12)14(19)20/h2-3,6-7H,4-5H2,1H3,(H,16,18)(H,19,20). The van der Waals surface area contributed by atoms with Crippen molar-refractivity contribution in [1.82, 2.24) is 10.3 Å². The highest BCUT2D eigenvalue weighted by Gasteiger charge is 2.11. The fourth-order valence-corrected chi connectivity index (χ4v) is 2.69. The largest absolute Gasteiger partial charge is 0.476 e. The van der Waals surface area contributed by atoms with Crippen molar-refractivity contribution in [3.8, 4) is 0 Å². The predicted molar refractivity (Wildman–Crippen MR) is 81.3 cm³/mol. The number of nitrogens with zero attached hydrogens (tertiary/aromatic N) is 1. The predicted octanol–water partition coefficient (Wildman–Crippen LogP) is 2.78. The number of thiazole rings is 1. The zero-order valence-corrected chi connectivity index (χ0v) is 12.8. The number of rotatable bonds is 5. The van der Waals surface area contributed by atoms with Crippen molar-refractivity contribution in [1.29, 1.82) is 0 Å². The molecule has 0 unspecified atom stereocenters. The van der Waals surface area contributed by atoms with E-state index < -0.39 is 5.97 Å². The Morgan fingerprint density at radius 2 is 2.19 bits per heavy atom. The third-order valence-corrected chi connectivity index (χ3v) is 3.98. The third-order valence-electron chi connectivity index (χ3n) is 2.84. The fourth-order valence-electron chi connectivity index (χ4n) is 1.74. The Bertz CT molecular complexity index is 685. The monoisotopic (exact) mass is 324 g/mol. The lowest BCUT2D eigenvalue weighted by Gasteiger charge is -2.07. The summed E-state index contributed by atoms with van der Waals surface area (Å²) in [7, 11) is 0. The third kappa shape index (κ3) is 4.03. The van der Waals surface area contributed by atoms with Crippen LogP contribution in [0.5, 0.6) is 0 Å². The minimum atomic E-state index is -1.05.